The van der Waals surface area contributed by atoms with Crippen molar-refractivity contribution in [2.45, 2.75) is 51.7 Å². The zero-order valence-electron chi connectivity index (χ0n) is 11.6. The first-order valence-corrected chi connectivity index (χ1v) is 6.91. The first-order valence-electron chi connectivity index (χ1n) is 6.91. The number of hydrogen-bond donors (Lipinski definition) is 1. The van der Waals surface area contributed by atoms with E-state index >= 15 is 0 Å². The van der Waals surface area contributed by atoms with E-state index in [9.17, 15) is 18.0 Å². The van der Waals surface area contributed by atoms with Crippen molar-refractivity contribution in [3.8, 4) is 0 Å². The SMILES string of the molecule is CCCC(C)C(=O)N[C@H]1CCN(CCC(F)(F)F)C1. The molecule has 1 fully saturated rings. The number of nitrogens with one attached hydrogen (secondary N) is 1. The molecule has 3 nitrogen and oxygen atoms in total. The summed E-state index contributed by atoms with van der Waals surface area (Å²) in [4.78, 5) is 13.6. The van der Waals surface area contributed by atoms with Crippen LogP contribution in [0.2, 0.25) is 0 Å². The van der Waals surface area contributed by atoms with Crippen molar-refractivity contribution in [2.75, 3.05) is 19.6 Å². The third-order valence-corrected chi connectivity index (χ3v) is 3.50. The Balaban J connectivity index is 2.26. The number of carbonyl (C=O) groups is 1. The predicted molar refractivity (Wildman–Crippen MR) is 67.7 cm³/mol. The lowest BCUT2D eigenvalue weighted by Gasteiger charge is -2.19. The van der Waals surface area contributed by atoms with Gasteiger partial charge in [0.25, 0.3) is 0 Å². The normalized spacial score (nSPS) is 22.5. The highest BCUT2D eigenvalue weighted by Crippen LogP contribution is 2.21. The van der Waals surface area contributed by atoms with E-state index < -0.39 is 12.6 Å². The summed E-state index contributed by atoms with van der Waals surface area (Å²) in [6.45, 7) is 5.09. The van der Waals surface area contributed by atoms with E-state index in [4.69, 9.17) is 0 Å². The van der Waals surface area contributed by atoms with Crippen LogP contribution in [0.3, 0.4) is 0 Å². The van der Waals surface area contributed by atoms with Crippen molar-refractivity contribution in [1.29, 1.82) is 0 Å². The summed E-state index contributed by atoms with van der Waals surface area (Å²) < 4.78 is 36.3. The van der Waals surface area contributed by atoms with Gasteiger partial charge in [0.05, 0.1) is 6.42 Å². The highest BCUT2D eigenvalue weighted by molar-refractivity contribution is 5.78. The van der Waals surface area contributed by atoms with Gasteiger partial charge in [0.2, 0.25) is 5.91 Å². The van der Waals surface area contributed by atoms with Gasteiger partial charge >= 0.3 is 6.18 Å². The molecule has 0 aliphatic carbocycles. The van der Waals surface area contributed by atoms with E-state index in [0.29, 0.717) is 13.1 Å². The van der Waals surface area contributed by atoms with Crippen LogP contribution in [-0.2, 0) is 4.79 Å². The Hall–Kier alpha value is -0.780. The number of nitrogens with zero attached hydrogens (tertiary/aromatic N) is 1. The smallest absolute Gasteiger partial charge is 0.352 e. The Morgan fingerprint density at radius 1 is 1.47 bits per heavy atom. The van der Waals surface area contributed by atoms with Crippen molar-refractivity contribution in [1.82, 2.24) is 10.2 Å². The van der Waals surface area contributed by atoms with E-state index in [1.165, 1.54) is 0 Å². The van der Waals surface area contributed by atoms with Crippen molar-refractivity contribution in [2.24, 2.45) is 5.92 Å². The maximum Gasteiger partial charge on any atom is 0.390 e. The Morgan fingerprint density at radius 2 is 2.16 bits per heavy atom. The molecule has 0 saturated carbocycles. The van der Waals surface area contributed by atoms with E-state index in [1.807, 2.05) is 13.8 Å². The molecular weight excluding hydrogens is 257 g/mol. The van der Waals surface area contributed by atoms with E-state index in [2.05, 4.69) is 5.32 Å². The molecule has 0 spiro atoms. The van der Waals surface area contributed by atoms with Gasteiger partial charge in [0.1, 0.15) is 0 Å². The molecule has 2 atom stereocenters. The van der Waals surface area contributed by atoms with Gasteiger partial charge in [-0.15, -0.1) is 0 Å². The lowest BCUT2D eigenvalue weighted by molar-refractivity contribution is -0.137. The molecule has 0 radical (unpaired) electrons. The minimum Gasteiger partial charge on any atom is -0.352 e. The molecule has 112 valence electrons. The minimum absolute atomic E-state index is 0.0000368. The molecule has 1 heterocycles. The van der Waals surface area contributed by atoms with Crippen LogP contribution in [0.1, 0.15) is 39.5 Å². The second-order valence-corrected chi connectivity index (χ2v) is 5.35. The van der Waals surface area contributed by atoms with Crippen LogP contribution in [0.5, 0.6) is 0 Å². The predicted octanol–water partition coefficient (Wildman–Crippen LogP) is 2.57. The minimum atomic E-state index is -4.10. The van der Waals surface area contributed by atoms with Crippen LogP contribution in [0.15, 0.2) is 0 Å². The van der Waals surface area contributed by atoms with Gasteiger partial charge in [-0.2, -0.15) is 13.2 Å². The third kappa shape index (κ3) is 6.27. The first-order chi connectivity index (χ1) is 8.81. The summed E-state index contributed by atoms with van der Waals surface area (Å²) in [5.74, 6) is -0.00116. The monoisotopic (exact) mass is 280 g/mol. The van der Waals surface area contributed by atoms with Gasteiger partial charge in [-0.25, -0.2) is 0 Å². The molecule has 1 unspecified atom stereocenters. The van der Waals surface area contributed by atoms with E-state index in [0.717, 1.165) is 19.3 Å². The van der Waals surface area contributed by atoms with Crippen LogP contribution >= 0.6 is 0 Å². The molecule has 1 amide bonds. The van der Waals surface area contributed by atoms with Crippen LogP contribution in [0.4, 0.5) is 13.2 Å². The zero-order chi connectivity index (χ0) is 14.5. The Morgan fingerprint density at radius 3 is 2.74 bits per heavy atom. The summed E-state index contributed by atoms with van der Waals surface area (Å²) in [7, 11) is 0. The number of rotatable bonds is 6. The van der Waals surface area contributed by atoms with Crippen molar-refractivity contribution < 1.29 is 18.0 Å². The number of halogens is 3. The Labute approximate surface area is 112 Å². The number of alkyl halides is 3. The number of likely N-dealkylation sites (tertiary alicyclic amines) is 1. The highest BCUT2D eigenvalue weighted by Gasteiger charge is 2.31. The van der Waals surface area contributed by atoms with Gasteiger partial charge in [-0.3, -0.25) is 4.79 Å². The molecule has 1 aliphatic heterocycles. The fourth-order valence-corrected chi connectivity index (χ4v) is 2.35. The third-order valence-electron chi connectivity index (χ3n) is 3.50. The zero-order valence-corrected chi connectivity index (χ0v) is 11.6. The molecule has 19 heavy (non-hydrogen) atoms. The summed E-state index contributed by atoms with van der Waals surface area (Å²) in [6, 6.07) is 0.0000368. The molecular formula is C13H23F3N2O. The Bertz CT molecular complexity index is 294. The molecule has 0 bridgehead atoms. The summed E-state index contributed by atoms with van der Waals surface area (Å²) in [6.07, 6.45) is -2.34. The quantitative estimate of drug-likeness (QED) is 0.811. The highest BCUT2D eigenvalue weighted by atomic mass is 19.4. The lowest BCUT2D eigenvalue weighted by atomic mass is 10.0. The standard InChI is InChI=1S/C13H23F3N2O/c1-3-4-10(2)12(19)17-11-5-7-18(9-11)8-6-13(14,15)16/h10-11H,3-9H2,1-2H3,(H,17,19)/t10?,11-/m0/s1. The van der Waals surface area contributed by atoms with Gasteiger partial charge in [0.15, 0.2) is 0 Å². The second kappa shape index (κ2) is 7.12. The van der Waals surface area contributed by atoms with Crippen molar-refractivity contribution >= 4 is 5.91 Å². The number of carbonyl (C=O) groups excluding carboxylic acids is 1. The maximum atomic E-state index is 12.1. The topological polar surface area (TPSA) is 32.3 Å². The van der Waals surface area contributed by atoms with Crippen molar-refractivity contribution in [3.05, 3.63) is 0 Å². The fraction of sp³-hybridized carbons (Fsp3) is 0.923. The molecule has 1 saturated heterocycles. The van der Waals surface area contributed by atoms with Gasteiger partial charge in [-0.05, 0) is 12.8 Å². The Kier molecular flexibility index (Phi) is 6.10. The van der Waals surface area contributed by atoms with Crippen LogP contribution in [0.25, 0.3) is 0 Å². The van der Waals surface area contributed by atoms with E-state index in [-0.39, 0.29) is 24.4 Å². The number of hydrogen-bond acceptors (Lipinski definition) is 2. The molecule has 0 aromatic heterocycles. The van der Waals surface area contributed by atoms with Gasteiger partial charge in [-0.1, -0.05) is 20.3 Å². The largest absolute Gasteiger partial charge is 0.390 e. The fourth-order valence-electron chi connectivity index (χ4n) is 2.35. The average molecular weight is 280 g/mol. The lowest BCUT2D eigenvalue weighted by Crippen LogP contribution is -2.40. The summed E-state index contributed by atoms with van der Waals surface area (Å²) in [5.41, 5.74) is 0. The van der Waals surface area contributed by atoms with Gasteiger partial charge < -0.3 is 10.2 Å². The van der Waals surface area contributed by atoms with Gasteiger partial charge in [0, 0.05) is 31.6 Å². The van der Waals surface area contributed by atoms with Crippen molar-refractivity contribution in [3.63, 3.8) is 0 Å². The van der Waals surface area contributed by atoms with Crippen LogP contribution in [0, 0.1) is 5.92 Å². The molecule has 1 aliphatic rings. The molecule has 6 heteroatoms. The van der Waals surface area contributed by atoms with E-state index in [1.54, 1.807) is 4.90 Å². The average Bonchev–Trinajstić information content (AvgIpc) is 2.73. The molecule has 1 N–H and O–H groups in total. The number of amides is 1. The maximum absolute atomic E-state index is 12.1. The molecule has 0 aromatic carbocycles. The summed E-state index contributed by atoms with van der Waals surface area (Å²) >= 11 is 0. The molecule has 1 rings (SSSR count). The summed E-state index contributed by atoms with van der Waals surface area (Å²) in [5, 5.41) is 2.93. The van der Waals surface area contributed by atoms with Crippen LogP contribution < -0.4 is 5.32 Å². The second-order valence-electron chi connectivity index (χ2n) is 5.35. The first kappa shape index (κ1) is 16.3. The molecule has 0 aromatic rings. The van der Waals surface area contributed by atoms with Crippen LogP contribution in [-0.4, -0.2) is 42.7 Å².